The number of nitrogens with zero attached hydrogens (tertiary/aromatic N) is 3. The molecule has 7 nitrogen and oxygen atoms in total. The van der Waals surface area contributed by atoms with Gasteiger partial charge in [0.25, 0.3) is 11.6 Å². The Kier molecular flexibility index (Phi) is 9.05. The average molecular weight is 556 g/mol. The Bertz CT molecular complexity index is 1260. The van der Waals surface area contributed by atoms with E-state index in [4.69, 9.17) is 23.2 Å². The van der Waals surface area contributed by atoms with Gasteiger partial charge in [0.15, 0.2) is 0 Å². The van der Waals surface area contributed by atoms with Crippen molar-refractivity contribution in [2.75, 3.05) is 33.2 Å². The van der Waals surface area contributed by atoms with Crippen molar-refractivity contribution in [2.45, 2.75) is 30.8 Å². The number of likely N-dealkylation sites (tertiary alicyclic amines) is 1. The first-order chi connectivity index (χ1) is 18.2. The summed E-state index contributed by atoms with van der Waals surface area (Å²) in [6.45, 7) is 2.79. The molecule has 9 heteroatoms. The molecule has 0 spiro atoms. The fraction of sp³-hybridized carbons (Fsp3) is 0.345. The van der Waals surface area contributed by atoms with Crippen molar-refractivity contribution in [3.05, 3.63) is 110 Å². The highest BCUT2D eigenvalue weighted by Gasteiger charge is 2.34. The second kappa shape index (κ2) is 12.3. The summed E-state index contributed by atoms with van der Waals surface area (Å²) >= 11 is 12.5. The number of halogens is 2. The van der Waals surface area contributed by atoms with Crippen molar-refractivity contribution in [3.8, 4) is 0 Å². The smallest absolute Gasteiger partial charge is 0.269 e. The SMILES string of the molecule is CN(C[C@H](CCN1CCC(O)(c2ccccc2)CC1)c1ccc(Cl)c(Cl)c1)C(=O)c1ccc([N+](=O)[O-])cc1. The number of carbonyl (C=O) groups excluding carboxylic acids is 1. The summed E-state index contributed by atoms with van der Waals surface area (Å²) in [5.74, 6) is -0.220. The molecular formula is C29H31Cl2N3O4. The van der Waals surface area contributed by atoms with E-state index in [0.29, 0.717) is 35.0 Å². The highest BCUT2D eigenvalue weighted by atomic mass is 35.5. The molecule has 0 radical (unpaired) electrons. The van der Waals surface area contributed by atoms with E-state index in [9.17, 15) is 20.0 Å². The second-order valence-corrected chi connectivity index (χ2v) is 10.7. The molecule has 38 heavy (non-hydrogen) atoms. The van der Waals surface area contributed by atoms with E-state index in [2.05, 4.69) is 4.90 Å². The summed E-state index contributed by atoms with van der Waals surface area (Å²) < 4.78 is 0. The molecule has 1 fully saturated rings. The number of likely N-dealkylation sites (N-methyl/N-ethyl adjacent to an activating group) is 1. The molecule has 3 aromatic carbocycles. The molecule has 1 heterocycles. The summed E-state index contributed by atoms with van der Waals surface area (Å²) in [6.07, 6.45) is 2.10. The van der Waals surface area contributed by atoms with E-state index < -0.39 is 10.5 Å². The maximum Gasteiger partial charge on any atom is 0.269 e. The van der Waals surface area contributed by atoms with Crippen LogP contribution in [-0.4, -0.2) is 59.0 Å². The molecule has 0 bridgehead atoms. The molecule has 4 rings (SSSR count). The first kappa shape index (κ1) is 28.0. The van der Waals surface area contributed by atoms with Crippen LogP contribution in [0.15, 0.2) is 72.8 Å². The molecule has 1 aliphatic rings. The van der Waals surface area contributed by atoms with Crippen molar-refractivity contribution in [1.82, 2.24) is 9.80 Å². The van der Waals surface area contributed by atoms with E-state index >= 15 is 0 Å². The van der Waals surface area contributed by atoms with Crippen molar-refractivity contribution < 1.29 is 14.8 Å². The molecule has 1 N–H and O–H groups in total. The van der Waals surface area contributed by atoms with Crippen LogP contribution in [0.1, 0.15) is 46.7 Å². The van der Waals surface area contributed by atoms with Gasteiger partial charge in [0.2, 0.25) is 0 Å². The fourth-order valence-electron chi connectivity index (χ4n) is 5.01. The fourth-order valence-corrected chi connectivity index (χ4v) is 5.32. The third-order valence-corrected chi connectivity index (χ3v) is 8.11. The molecule has 0 saturated carbocycles. The van der Waals surface area contributed by atoms with Crippen LogP contribution < -0.4 is 0 Å². The molecule has 0 aromatic heterocycles. The molecule has 0 aliphatic carbocycles. The Balaban J connectivity index is 1.43. The lowest BCUT2D eigenvalue weighted by molar-refractivity contribution is -0.384. The molecule has 1 amide bonds. The zero-order valence-electron chi connectivity index (χ0n) is 21.2. The van der Waals surface area contributed by atoms with E-state index in [1.807, 2.05) is 42.5 Å². The number of hydrogen-bond donors (Lipinski definition) is 1. The molecule has 1 aliphatic heterocycles. The van der Waals surface area contributed by atoms with Crippen molar-refractivity contribution >= 4 is 34.8 Å². The van der Waals surface area contributed by atoms with Gasteiger partial charge >= 0.3 is 0 Å². The average Bonchev–Trinajstić information content (AvgIpc) is 2.93. The minimum atomic E-state index is -0.807. The van der Waals surface area contributed by atoms with Gasteiger partial charge in [-0.1, -0.05) is 59.6 Å². The Morgan fingerprint density at radius 3 is 2.32 bits per heavy atom. The third kappa shape index (κ3) is 6.72. The number of nitro benzene ring substituents is 1. The van der Waals surface area contributed by atoms with Crippen LogP contribution in [0.2, 0.25) is 10.0 Å². The Hall–Kier alpha value is -2.97. The summed E-state index contributed by atoms with van der Waals surface area (Å²) in [4.78, 5) is 27.5. The normalized spacial score (nSPS) is 16.1. The third-order valence-electron chi connectivity index (χ3n) is 7.37. The first-order valence-corrected chi connectivity index (χ1v) is 13.4. The number of non-ortho nitro benzene ring substituents is 1. The minimum absolute atomic E-state index is 0.00769. The molecule has 3 aromatic rings. The van der Waals surface area contributed by atoms with Crippen molar-refractivity contribution in [2.24, 2.45) is 0 Å². The number of rotatable bonds is 9. The lowest BCUT2D eigenvalue weighted by Crippen LogP contribution is -2.43. The van der Waals surface area contributed by atoms with Crippen molar-refractivity contribution in [1.29, 1.82) is 0 Å². The van der Waals surface area contributed by atoms with Crippen LogP contribution >= 0.6 is 23.2 Å². The minimum Gasteiger partial charge on any atom is -0.385 e. The summed E-state index contributed by atoms with van der Waals surface area (Å²) in [5.41, 5.74) is 1.47. The molecular weight excluding hydrogens is 525 g/mol. The van der Waals surface area contributed by atoms with Gasteiger partial charge in [-0.3, -0.25) is 14.9 Å². The van der Waals surface area contributed by atoms with Crippen LogP contribution in [0, 0.1) is 10.1 Å². The van der Waals surface area contributed by atoms with Gasteiger partial charge < -0.3 is 14.9 Å². The number of nitro groups is 1. The van der Waals surface area contributed by atoms with Crippen LogP contribution in [0.5, 0.6) is 0 Å². The van der Waals surface area contributed by atoms with E-state index in [-0.39, 0.29) is 17.5 Å². The van der Waals surface area contributed by atoms with Gasteiger partial charge in [0.05, 0.1) is 20.6 Å². The Labute approximate surface area is 232 Å². The zero-order chi connectivity index (χ0) is 27.3. The number of carbonyl (C=O) groups is 1. The number of amides is 1. The molecule has 0 unspecified atom stereocenters. The number of aliphatic hydroxyl groups is 1. The van der Waals surface area contributed by atoms with E-state index in [1.165, 1.54) is 24.3 Å². The van der Waals surface area contributed by atoms with Crippen molar-refractivity contribution in [3.63, 3.8) is 0 Å². The maximum absolute atomic E-state index is 13.1. The lowest BCUT2D eigenvalue weighted by Gasteiger charge is -2.39. The number of benzene rings is 3. The van der Waals surface area contributed by atoms with Crippen LogP contribution in [-0.2, 0) is 5.60 Å². The summed E-state index contributed by atoms with van der Waals surface area (Å²) in [5, 5.41) is 23.1. The maximum atomic E-state index is 13.1. The van der Waals surface area contributed by atoms with Crippen LogP contribution in [0.25, 0.3) is 0 Å². The Morgan fingerprint density at radius 1 is 1.05 bits per heavy atom. The quantitative estimate of drug-likeness (QED) is 0.253. The predicted octanol–water partition coefficient (Wildman–Crippen LogP) is 6.13. The second-order valence-electron chi connectivity index (χ2n) is 9.89. The highest BCUT2D eigenvalue weighted by molar-refractivity contribution is 6.42. The first-order valence-electron chi connectivity index (χ1n) is 12.6. The van der Waals surface area contributed by atoms with Gasteiger partial charge in [0, 0.05) is 50.3 Å². The van der Waals surface area contributed by atoms with Crippen LogP contribution in [0.3, 0.4) is 0 Å². The van der Waals surface area contributed by atoms with Gasteiger partial charge in [-0.25, -0.2) is 0 Å². The standard InChI is InChI=1S/C29H31Cl2N3O4/c1-32(28(35)21-7-10-25(11-8-21)34(37)38)20-23(22-9-12-26(30)27(31)19-22)13-16-33-17-14-29(36,15-18-33)24-5-3-2-4-6-24/h2-12,19,23,36H,13-18,20H2,1H3/t23-/m0/s1. The number of piperidine rings is 1. The highest BCUT2D eigenvalue weighted by Crippen LogP contribution is 2.34. The predicted molar refractivity (Wildman–Crippen MR) is 150 cm³/mol. The van der Waals surface area contributed by atoms with Gasteiger partial charge in [-0.2, -0.15) is 0 Å². The zero-order valence-corrected chi connectivity index (χ0v) is 22.7. The monoisotopic (exact) mass is 555 g/mol. The molecule has 200 valence electrons. The van der Waals surface area contributed by atoms with Crippen LogP contribution in [0.4, 0.5) is 5.69 Å². The number of hydrogen-bond acceptors (Lipinski definition) is 5. The van der Waals surface area contributed by atoms with Gasteiger partial charge in [-0.15, -0.1) is 0 Å². The topological polar surface area (TPSA) is 86.9 Å². The molecule has 1 atom stereocenters. The summed E-state index contributed by atoms with van der Waals surface area (Å²) in [7, 11) is 1.73. The molecule has 1 saturated heterocycles. The van der Waals surface area contributed by atoms with Gasteiger partial charge in [0.1, 0.15) is 0 Å². The largest absolute Gasteiger partial charge is 0.385 e. The summed E-state index contributed by atoms with van der Waals surface area (Å²) in [6, 6.07) is 21.0. The Morgan fingerprint density at radius 2 is 1.71 bits per heavy atom. The van der Waals surface area contributed by atoms with E-state index in [0.717, 1.165) is 37.2 Å². The lowest BCUT2D eigenvalue weighted by atomic mass is 9.84. The van der Waals surface area contributed by atoms with Gasteiger partial charge in [-0.05, 0) is 61.2 Å². The van der Waals surface area contributed by atoms with E-state index in [1.54, 1.807) is 18.0 Å².